The number of nitrogens with zero attached hydrogens (tertiary/aromatic N) is 4. The fourth-order valence-corrected chi connectivity index (χ4v) is 10.3. The zero-order chi connectivity index (χ0) is 72.0. The molecule has 0 unspecified atom stereocenters. The first-order valence-electron chi connectivity index (χ1n) is 32.0. The molecular weight excluding hydrogens is 1320 g/mol. The van der Waals surface area contributed by atoms with Crippen LogP contribution in [0.4, 0.5) is 0 Å². The van der Waals surface area contributed by atoms with Gasteiger partial charge >= 0.3 is 0 Å². The third-order valence-corrected chi connectivity index (χ3v) is 15.9. The normalized spacial score (nSPS) is 10.8. The summed E-state index contributed by atoms with van der Waals surface area (Å²) in [5, 5.41) is 18.3. The van der Waals surface area contributed by atoms with Crippen molar-refractivity contribution in [1.29, 1.82) is 0 Å². The van der Waals surface area contributed by atoms with Crippen LogP contribution in [0.1, 0.15) is 113 Å². The second-order valence-electron chi connectivity index (χ2n) is 22.3. The van der Waals surface area contributed by atoms with Crippen molar-refractivity contribution >= 4 is 98.0 Å². The van der Waals surface area contributed by atoms with Crippen LogP contribution in [0, 0.1) is 0 Å². The molecule has 102 heavy (non-hydrogen) atoms. The average Bonchev–Trinajstić information content (AvgIpc) is 0.836. The van der Waals surface area contributed by atoms with Crippen LogP contribution in [0.3, 0.4) is 0 Å². The molecule has 0 bridgehead atoms. The molecule has 0 saturated heterocycles. The van der Waals surface area contributed by atoms with Gasteiger partial charge in [-0.2, -0.15) is 15.3 Å². The fraction of sp³-hybridized carbons (Fsp3) is 0.0235. The number of hydrazone groups is 3. The maximum Gasteiger partial charge on any atom is 0.193 e. The molecule has 502 valence electrons. The number of nitrogens with two attached hydrogens (primary N) is 2. The number of thiocarbonyl (C=S) groups is 3. The van der Waals surface area contributed by atoms with Gasteiger partial charge in [0.15, 0.2) is 44.3 Å². The van der Waals surface area contributed by atoms with E-state index in [9.17, 15) is 24.0 Å². The standard InChI is InChI=1S/2C22H19N3OS.C21H17N3OS.C20H14O2/c1-25(22(23)27)24-20(16-9-4-2-5-10-16)18-13-8-14-19(15-18)21(26)17-11-6-3-7-12-17;1-23-22(27)25-24-20(16-9-4-2-5-10-16)18-13-8-14-19(15-18)21(26)17-11-6-3-7-12-17;22-21(26)24-23-19(15-8-3-1-4-9-15)17-12-7-13-18(14-17)20(25)16-10-5-2-6-11-16;21-19(15-8-3-1-4-9-15)17-12-7-13-18(14-17)20(22)16-10-5-2-6-11-16/h2-15H,1H3,(H2,23,27);2-15H,1H3,(H2,23,25,27);1-14H,(H3,22,24,26);1-14H. The Bertz CT molecular complexity index is 4910. The Balaban J connectivity index is 0.000000159. The van der Waals surface area contributed by atoms with Crippen molar-refractivity contribution in [2.75, 3.05) is 14.1 Å². The van der Waals surface area contributed by atoms with Gasteiger partial charge in [-0.15, -0.1) is 0 Å². The van der Waals surface area contributed by atoms with Crippen LogP contribution in [0.15, 0.2) is 355 Å². The monoisotopic (exact) mass is 1390 g/mol. The molecule has 0 aromatic heterocycles. The molecule has 12 aromatic rings. The minimum absolute atomic E-state index is 0.0245. The number of rotatable bonds is 19. The summed E-state index contributed by atoms with van der Waals surface area (Å²) in [6, 6.07) is 104. The minimum Gasteiger partial charge on any atom is -0.375 e. The van der Waals surface area contributed by atoms with Gasteiger partial charge in [-0.3, -0.25) is 34.8 Å². The summed E-state index contributed by atoms with van der Waals surface area (Å²) >= 11 is 15.0. The summed E-state index contributed by atoms with van der Waals surface area (Å²) in [7, 11) is 3.43. The van der Waals surface area contributed by atoms with Crippen LogP contribution in [-0.4, -0.2) is 80.5 Å². The highest BCUT2D eigenvalue weighted by Gasteiger charge is 2.18. The molecule has 0 amide bonds. The van der Waals surface area contributed by atoms with Crippen LogP contribution in [0.2, 0.25) is 0 Å². The van der Waals surface area contributed by atoms with Gasteiger partial charge in [0, 0.05) is 103 Å². The predicted molar refractivity (Wildman–Crippen MR) is 421 cm³/mol. The van der Waals surface area contributed by atoms with Crippen LogP contribution in [0.5, 0.6) is 0 Å². The number of hydrogen-bond donors (Lipinski definition) is 5. The number of benzene rings is 12. The van der Waals surface area contributed by atoms with Crippen molar-refractivity contribution in [3.05, 3.63) is 429 Å². The molecule has 0 spiro atoms. The first kappa shape index (κ1) is 73.3. The first-order chi connectivity index (χ1) is 49.6. The second-order valence-corrected chi connectivity index (χ2v) is 23.6. The van der Waals surface area contributed by atoms with E-state index in [1.165, 1.54) is 5.01 Å². The van der Waals surface area contributed by atoms with Gasteiger partial charge in [0.05, 0.1) is 17.1 Å². The van der Waals surface area contributed by atoms with Crippen molar-refractivity contribution in [2.24, 2.45) is 26.8 Å². The predicted octanol–water partition coefficient (Wildman–Crippen LogP) is 15.3. The van der Waals surface area contributed by atoms with Crippen molar-refractivity contribution in [3.63, 3.8) is 0 Å². The Labute approximate surface area is 608 Å². The van der Waals surface area contributed by atoms with Crippen LogP contribution in [-0.2, 0) is 0 Å². The van der Waals surface area contributed by atoms with Gasteiger partial charge in [-0.1, -0.05) is 315 Å². The van der Waals surface area contributed by atoms with E-state index in [1.54, 1.807) is 86.9 Å². The maximum absolute atomic E-state index is 12.8. The third kappa shape index (κ3) is 21.0. The molecule has 0 aliphatic heterocycles. The average molecular weight is 1390 g/mol. The van der Waals surface area contributed by atoms with Gasteiger partial charge in [0.25, 0.3) is 0 Å². The molecule has 7 N–H and O–H groups in total. The van der Waals surface area contributed by atoms with Crippen LogP contribution in [0.25, 0.3) is 0 Å². The second kappa shape index (κ2) is 37.7. The Morgan fingerprint density at radius 3 is 0.735 bits per heavy atom. The number of nitrogens with one attached hydrogen (secondary N) is 3. The summed E-state index contributed by atoms with van der Waals surface area (Å²) in [5.74, 6) is -0.259. The zero-order valence-corrected chi connectivity index (χ0v) is 58.0. The van der Waals surface area contributed by atoms with Gasteiger partial charge in [-0.25, -0.2) is 5.01 Å². The SMILES string of the molecule is CN(N=C(c1ccccc1)c1cccc(C(=O)c2ccccc2)c1)C(N)=S.CNC(=S)NN=C(c1ccccc1)c1cccc(C(=O)c2ccccc2)c1.NC(=S)NN=C(c1ccccc1)c1cccc(C(=O)c2ccccc2)c1.O=C(c1ccccc1)c1cccc(C(=O)c2ccccc2)c1. The summed E-state index contributed by atoms with van der Waals surface area (Å²) < 4.78 is 0. The summed E-state index contributed by atoms with van der Waals surface area (Å²) in [4.78, 5) is 63.2. The molecule has 0 fully saturated rings. The van der Waals surface area contributed by atoms with Crippen LogP contribution >= 0.6 is 36.7 Å². The van der Waals surface area contributed by atoms with E-state index in [-0.39, 0.29) is 39.1 Å². The van der Waals surface area contributed by atoms with Crippen LogP contribution < -0.4 is 27.6 Å². The molecule has 0 radical (unpaired) electrons. The van der Waals surface area contributed by atoms with Crippen molar-refractivity contribution in [1.82, 2.24) is 21.2 Å². The number of hydrogen-bond acceptors (Lipinski definition) is 11. The summed E-state index contributed by atoms with van der Waals surface area (Å²) in [6.07, 6.45) is 0. The van der Waals surface area contributed by atoms with E-state index >= 15 is 0 Å². The Kier molecular flexibility index (Phi) is 27.1. The molecule has 0 heterocycles. The lowest BCUT2D eigenvalue weighted by Gasteiger charge is -2.15. The quantitative estimate of drug-likeness (QED) is 0.0221. The fourth-order valence-electron chi connectivity index (χ4n) is 10.1. The van der Waals surface area contributed by atoms with E-state index in [4.69, 9.17) is 48.1 Å². The maximum atomic E-state index is 12.8. The van der Waals surface area contributed by atoms with Gasteiger partial charge in [-0.05, 0) is 60.9 Å². The van der Waals surface area contributed by atoms with Gasteiger partial charge in [0.1, 0.15) is 0 Å². The van der Waals surface area contributed by atoms with E-state index in [2.05, 4.69) is 31.5 Å². The van der Waals surface area contributed by atoms with Crippen molar-refractivity contribution in [2.45, 2.75) is 0 Å². The lowest BCUT2D eigenvalue weighted by atomic mass is 9.97. The Morgan fingerprint density at radius 2 is 0.490 bits per heavy atom. The van der Waals surface area contributed by atoms with Crippen molar-refractivity contribution in [3.8, 4) is 0 Å². The topological polar surface area (TPSA) is 214 Å². The molecule has 12 rings (SSSR count). The highest BCUT2D eigenvalue weighted by Crippen LogP contribution is 2.21. The highest BCUT2D eigenvalue weighted by atomic mass is 32.1. The molecule has 17 heteroatoms. The number of carbonyl (C=O) groups is 5. The van der Waals surface area contributed by atoms with Gasteiger partial charge < -0.3 is 16.8 Å². The van der Waals surface area contributed by atoms with E-state index in [0.717, 1.165) is 33.4 Å². The zero-order valence-electron chi connectivity index (χ0n) is 55.5. The Hall–Kier alpha value is -12.9. The molecule has 0 aliphatic rings. The lowest BCUT2D eigenvalue weighted by Crippen LogP contribution is -2.29. The van der Waals surface area contributed by atoms with Gasteiger partial charge in [0.2, 0.25) is 0 Å². The summed E-state index contributed by atoms with van der Waals surface area (Å²) in [5.41, 5.74) is 29.9. The smallest absolute Gasteiger partial charge is 0.193 e. The van der Waals surface area contributed by atoms with E-state index < -0.39 is 0 Å². The molecule has 14 nitrogen and oxygen atoms in total. The highest BCUT2D eigenvalue weighted by molar-refractivity contribution is 7.80. The molecule has 0 atom stereocenters. The van der Waals surface area contributed by atoms with E-state index in [1.807, 2.05) is 267 Å². The lowest BCUT2D eigenvalue weighted by molar-refractivity contribution is 0.102. The molecule has 0 aliphatic carbocycles. The Morgan fingerprint density at radius 1 is 0.284 bits per heavy atom. The number of ketones is 5. The summed E-state index contributed by atoms with van der Waals surface area (Å²) in [6.45, 7) is 0. The van der Waals surface area contributed by atoms with E-state index in [0.29, 0.717) is 77.9 Å². The molecule has 0 saturated carbocycles. The number of carbonyl (C=O) groups excluding carboxylic acids is 5. The van der Waals surface area contributed by atoms with Crippen molar-refractivity contribution < 1.29 is 24.0 Å². The molecular formula is C85H69N9O5S3. The minimum atomic E-state index is -0.0803. The largest absolute Gasteiger partial charge is 0.375 e. The first-order valence-corrected chi connectivity index (χ1v) is 33.2. The molecule has 12 aromatic carbocycles. The third-order valence-electron chi connectivity index (χ3n) is 15.2.